The lowest BCUT2D eigenvalue weighted by atomic mass is 10.0. The number of carboxylic acids is 1. The van der Waals surface area contributed by atoms with Crippen molar-refractivity contribution in [3.63, 3.8) is 0 Å². The van der Waals surface area contributed by atoms with Crippen molar-refractivity contribution in [3.8, 4) is 0 Å². The maximum Gasteiger partial charge on any atom is 0.328 e. The van der Waals surface area contributed by atoms with E-state index in [0.717, 1.165) is 24.0 Å². The summed E-state index contributed by atoms with van der Waals surface area (Å²) in [5.41, 5.74) is 2.67. The van der Waals surface area contributed by atoms with E-state index in [4.69, 9.17) is 10.2 Å². The summed E-state index contributed by atoms with van der Waals surface area (Å²) in [6, 6.07) is 3.80. The third-order valence-electron chi connectivity index (χ3n) is 3.02. The molecule has 1 atom stereocenters. The number of aliphatic hydroxyl groups excluding tert-OH is 1. The molecule has 0 radical (unpaired) electrons. The van der Waals surface area contributed by atoms with Crippen LogP contribution in [0.2, 0.25) is 0 Å². The van der Waals surface area contributed by atoms with Crippen LogP contribution in [0.15, 0.2) is 18.2 Å². The molecular formula is C14H20N2O4. The average Bonchev–Trinajstić information content (AvgIpc) is 2.44. The van der Waals surface area contributed by atoms with Gasteiger partial charge in [0, 0.05) is 5.69 Å². The van der Waals surface area contributed by atoms with Crippen LogP contribution in [-0.4, -0.2) is 34.9 Å². The second-order valence-corrected chi connectivity index (χ2v) is 4.33. The number of carboxylic acid groups (broad SMARTS) is 1. The molecule has 4 N–H and O–H groups in total. The fraction of sp³-hybridized carbons (Fsp3) is 0.429. The zero-order chi connectivity index (χ0) is 15.1. The number of benzene rings is 1. The molecule has 0 aliphatic heterocycles. The normalized spacial score (nSPS) is 11.8. The number of amides is 2. The first kappa shape index (κ1) is 16.0. The van der Waals surface area contributed by atoms with Crippen LogP contribution in [0.1, 0.15) is 25.0 Å². The molecule has 0 heterocycles. The van der Waals surface area contributed by atoms with Crippen LogP contribution in [0.5, 0.6) is 0 Å². The van der Waals surface area contributed by atoms with Gasteiger partial charge in [0.15, 0.2) is 6.04 Å². The molecule has 2 amide bonds. The first-order valence-electron chi connectivity index (χ1n) is 6.55. The highest BCUT2D eigenvalue weighted by molar-refractivity contribution is 5.93. The van der Waals surface area contributed by atoms with Gasteiger partial charge in [-0.05, 0) is 24.0 Å². The number of aliphatic carboxylic acids is 1. The second kappa shape index (κ2) is 7.49. The molecule has 0 saturated carbocycles. The third kappa shape index (κ3) is 3.96. The van der Waals surface area contributed by atoms with Gasteiger partial charge < -0.3 is 20.8 Å². The maximum absolute atomic E-state index is 11.8. The first-order chi connectivity index (χ1) is 9.53. The Bertz CT molecular complexity index is 466. The van der Waals surface area contributed by atoms with E-state index < -0.39 is 24.6 Å². The second-order valence-electron chi connectivity index (χ2n) is 4.33. The number of aryl methyl sites for hydroxylation is 2. The topological polar surface area (TPSA) is 98.7 Å². The smallest absolute Gasteiger partial charge is 0.328 e. The number of anilines is 1. The van der Waals surface area contributed by atoms with Crippen molar-refractivity contribution in [1.82, 2.24) is 5.32 Å². The van der Waals surface area contributed by atoms with E-state index in [-0.39, 0.29) is 0 Å². The van der Waals surface area contributed by atoms with Crippen molar-refractivity contribution < 1.29 is 19.8 Å². The Labute approximate surface area is 117 Å². The van der Waals surface area contributed by atoms with Crippen LogP contribution < -0.4 is 10.6 Å². The highest BCUT2D eigenvalue weighted by Crippen LogP contribution is 2.22. The van der Waals surface area contributed by atoms with E-state index in [2.05, 4.69) is 10.6 Å². The number of para-hydroxylation sites is 1. The van der Waals surface area contributed by atoms with Crippen molar-refractivity contribution in [2.45, 2.75) is 32.7 Å². The standard InChI is InChI=1S/C14H20N2O4/c1-3-9-6-5-7-10(4-2)12(9)16-14(20)15-11(8-17)13(18)19/h5-7,11,17H,3-4,8H2,1-2H3,(H,18,19)(H2,15,16,20)/t11-/m0/s1. The number of carbonyl (C=O) groups excluding carboxylic acids is 1. The fourth-order valence-electron chi connectivity index (χ4n) is 1.90. The summed E-state index contributed by atoms with van der Waals surface area (Å²) in [6.07, 6.45) is 1.51. The molecule has 6 nitrogen and oxygen atoms in total. The first-order valence-corrected chi connectivity index (χ1v) is 6.55. The number of nitrogens with one attached hydrogen (secondary N) is 2. The Morgan fingerprint density at radius 1 is 1.20 bits per heavy atom. The Morgan fingerprint density at radius 3 is 2.15 bits per heavy atom. The van der Waals surface area contributed by atoms with Crippen molar-refractivity contribution >= 4 is 17.7 Å². The van der Waals surface area contributed by atoms with Crippen LogP contribution in [0.3, 0.4) is 0 Å². The van der Waals surface area contributed by atoms with Gasteiger partial charge in [0.1, 0.15) is 0 Å². The zero-order valence-corrected chi connectivity index (χ0v) is 11.6. The summed E-state index contributed by atoms with van der Waals surface area (Å²) in [4.78, 5) is 22.6. The summed E-state index contributed by atoms with van der Waals surface area (Å²) >= 11 is 0. The summed E-state index contributed by atoms with van der Waals surface area (Å²) < 4.78 is 0. The van der Waals surface area contributed by atoms with Crippen molar-refractivity contribution in [1.29, 1.82) is 0 Å². The summed E-state index contributed by atoms with van der Waals surface area (Å²) in [5.74, 6) is -1.28. The summed E-state index contributed by atoms with van der Waals surface area (Å²) in [5, 5.41) is 22.6. The lowest BCUT2D eigenvalue weighted by Gasteiger charge is -2.17. The van der Waals surface area contributed by atoms with Gasteiger partial charge >= 0.3 is 12.0 Å². The number of hydrogen-bond donors (Lipinski definition) is 4. The lowest BCUT2D eigenvalue weighted by molar-refractivity contribution is -0.140. The van der Waals surface area contributed by atoms with Gasteiger partial charge in [0.2, 0.25) is 0 Å². The molecule has 0 aliphatic rings. The van der Waals surface area contributed by atoms with Gasteiger partial charge in [-0.1, -0.05) is 32.0 Å². The van der Waals surface area contributed by atoms with Gasteiger partial charge in [-0.15, -0.1) is 0 Å². The minimum atomic E-state index is -1.31. The average molecular weight is 280 g/mol. The molecule has 0 saturated heterocycles. The Balaban J connectivity index is 2.87. The van der Waals surface area contributed by atoms with Crippen molar-refractivity contribution in [2.24, 2.45) is 0 Å². The van der Waals surface area contributed by atoms with Crippen LogP contribution >= 0.6 is 0 Å². The van der Waals surface area contributed by atoms with E-state index >= 15 is 0 Å². The molecule has 1 rings (SSSR count). The molecule has 0 aliphatic carbocycles. The molecule has 1 aromatic rings. The van der Waals surface area contributed by atoms with Crippen molar-refractivity contribution in [3.05, 3.63) is 29.3 Å². The van der Waals surface area contributed by atoms with Crippen LogP contribution in [0, 0.1) is 0 Å². The number of carbonyl (C=O) groups is 2. The van der Waals surface area contributed by atoms with Crippen LogP contribution in [0.25, 0.3) is 0 Å². The Hall–Kier alpha value is -2.08. The molecule has 0 fully saturated rings. The van der Waals surface area contributed by atoms with Crippen LogP contribution in [-0.2, 0) is 17.6 Å². The SMILES string of the molecule is CCc1cccc(CC)c1NC(=O)N[C@@H](CO)C(=O)O. The number of rotatable bonds is 6. The Kier molecular flexibility index (Phi) is 5.99. The van der Waals surface area contributed by atoms with Crippen LogP contribution in [0.4, 0.5) is 10.5 Å². The van der Waals surface area contributed by atoms with E-state index in [1.807, 2.05) is 32.0 Å². The quantitative estimate of drug-likeness (QED) is 0.632. The van der Waals surface area contributed by atoms with Crippen molar-refractivity contribution in [2.75, 3.05) is 11.9 Å². The lowest BCUT2D eigenvalue weighted by Crippen LogP contribution is -2.45. The van der Waals surface area contributed by atoms with Gasteiger partial charge in [0.25, 0.3) is 0 Å². The van der Waals surface area contributed by atoms with E-state index in [1.54, 1.807) is 0 Å². The number of urea groups is 1. The molecule has 0 aromatic heterocycles. The summed E-state index contributed by atoms with van der Waals surface area (Å²) in [7, 11) is 0. The third-order valence-corrected chi connectivity index (χ3v) is 3.02. The monoisotopic (exact) mass is 280 g/mol. The Morgan fingerprint density at radius 2 is 1.75 bits per heavy atom. The molecule has 1 aromatic carbocycles. The summed E-state index contributed by atoms with van der Waals surface area (Å²) in [6.45, 7) is 3.30. The van der Waals surface area contributed by atoms with Gasteiger partial charge in [0.05, 0.1) is 6.61 Å². The molecule has 110 valence electrons. The predicted molar refractivity (Wildman–Crippen MR) is 75.9 cm³/mol. The molecule has 0 unspecified atom stereocenters. The van der Waals surface area contributed by atoms with Gasteiger partial charge in [-0.3, -0.25) is 0 Å². The molecule has 6 heteroatoms. The molecule has 0 bridgehead atoms. The fourth-order valence-corrected chi connectivity index (χ4v) is 1.90. The highest BCUT2D eigenvalue weighted by atomic mass is 16.4. The van der Waals surface area contributed by atoms with E-state index in [1.165, 1.54) is 0 Å². The number of hydrogen-bond acceptors (Lipinski definition) is 3. The highest BCUT2D eigenvalue weighted by Gasteiger charge is 2.19. The predicted octanol–water partition coefficient (Wildman–Crippen LogP) is 1.38. The molecule has 20 heavy (non-hydrogen) atoms. The largest absolute Gasteiger partial charge is 0.480 e. The van der Waals surface area contributed by atoms with Gasteiger partial charge in [-0.2, -0.15) is 0 Å². The number of aliphatic hydroxyl groups is 1. The van der Waals surface area contributed by atoms with E-state index in [9.17, 15) is 9.59 Å². The zero-order valence-electron chi connectivity index (χ0n) is 11.6. The van der Waals surface area contributed by atoms with Gasteiger partial charge in [-0.25, -0.2) is 9.59 Å². The maximum atomic E-state index is 11.8. The van der Waals surface area contributed by atoms with E-state index in [0.29, 0.717) is 5.69 Å². The molecular weight excluding hydrogens is 260 g/mol. The molecule has 0 spiro atoms. The minimum absolute atomic E-state index is 0.637. The minimum Gasteiger partial charge on any atom is -0.480 e.